The Bertz CT molecular complexity index is 1220. The molecule has 4 aromatic rings. The molecule has 0 bridgehead atoms. The van der Waals surface area contributed by atoms with Gasteiger partial charge in [-0.2, -0.15) is 18.3 Å². The second kappa shape index (κ2) is 6.77. The van der Waals surface area contributed by atoms with E-state index in [9.17, 15) is 18.0 Å². The van der Waals surface area contributed by atoms with Gasteiger partial charge in [0.25, 0.3) is 5.91 Å². The maximum absolute atomic E-state index is 13.3. The summed E-state index contributed by atoms with van der Waals surface area (Å²) in [6.45, 7) is 1.83. The standard InChI is InChI=1S/C20H16F3N5O/c1-2-11-5-6-12(20(21,22)23)8-13(11)14-9-15(27-17(14)19(24)29)18-16-4-3-7-28(16)26-10-25-18/h3-10,27H,2H2,1H3,(H2,24,29). The number of nitrogens with zero attached hydrogens (tertiary/aromatic N) is 3. The van der Waals surface area contributed by atoms with Crippen molar-refractivity contribution in [3.63, 3.8) is 0 Å². The van der Waals surface area contributed by atoms with Crippen LogP contribution in [0.25, 0.3) is 28.0 Å². The summed E-state index contributed by atoms with van der Waals surface area (Å²) in [6, 6.07) is 8.69. The van der Waals surface area contributed by atoms with Gasteiger partial charge in [-0.25, -0.2) is 9.50 Å². The summed E-state index contributed by atoms with van der Waals surface area (Å²) in [6.07, 6.45) is -0.920. The van der Waals surface area contributed by atoms with E-state index in [-0.39, 0.29) is 5.69 Å². The summed E-state index contributed by atoms with van der Waals surface area (Å²) in [5.74, 6) is -0.772. The highest BCUT2D eigenvalue weighted by Crippen LogP contribution is 2.37. The van der Waals surface area contributed by atoms with Crippen LogP contribution in [0.3, 0.4) is 0 Å². The Morgan fingerprint density at radius 3 is 2.69 bits per heavy atom. The van der Waals surface area contributed by atoms with E-state index in [0.717, 1.165) is 12.1 Å². The first-order valence-electron chi connectivity index (χ1n) is 8.81. The maximum Gasteiger partial charge on any atom is 0.416 e. The lowest BCUT2D eigenvalue weighted by Crippen LogP contribution is -2.13. The number of rotatable bonds is 4. The molecule has 0 saturated heterocycles. The molecule has 0 aliphatic carbocycles. The molecule has 1 amide bonds. The monoisotopic (exact) mass is 399 g/mol. The van der Waals surface area contributed by atoms with Crippen molar-refractivity contribution in [2.24, 2.45) is 5.73 Å². The van der Waals surface area contributed by atoms with E-state index in [4.69, 9.17) is 5.73 Å². The molecule has 9 heteroatoms. The molecule has 0 aliphatic heterocycles. The molecule has 1 aromatic carbocycles. The second-order valence-corrected chi connectivity index (χ2v) is 6.51. The van der Waals surface area contributed by atoms with Crippen LogP contribution in [-0.2, 0) is 12.6 Å². The minimum absolute atomic E-state index is 0.0253. The number of benzene rings is 1. The summed E-state index contributed by atoms with van der Waals surface area (Å²) < 4.78 is 41.4. The molecule has 0 fully saturated rings. The number of halogens is 3. The van der Waals surface area contributed by atoms with Gasteiger partial charge in [-0.15, -0.1) is 0 Å². The number of aromatic amines is 1. The van der Waals surface area contributed by atoms with Gasteiger partial charge in [0.1, 0.15) is 17.7 Å². The van der Waals surface area contributed by atoms with Gasteiger partial charge < -0.3 is 10.7 Å². The Morgan fingerprint density at radius 1 is 1.21 bits per heavy atom. The van der Waals surface area contributed by atoms with Crippen molar-refractivity contribution >= 4 is 11.4 Å². The molecule has 0 atom stereocenters. The number of primary amides is 1. The maximum atomic E-state index is 13.3. The van der Waals surface area contributed by atoms with Crippen LogP contribution in [0, 0.1) is 0 Å². The number of aromatic nitrogens is 4. The first-order valence-corrected chi connectivity index (χ1v) is 8.81. The Labute approximate surface area is 163 Å². The van der Waals surface area contributed by atoms with E-state index in [1.165, 1.54) is 12.4 Å². The zero-order valence-corrected chi connectivity index (χ0v) is 15.3. The van der Waals surface area contributed by atoms with Gasteiger partial charge in [-0.1, -0.05) is 13.0 Å². The third kappa shape index (κ3) is 3.24. The number of aryl methyl sites for hydroxylation is 1. The van der Waals surface area contributed by atoms with Crippen LogP contribution in [-0.4, -0.2) is 25.5 Å². The van der Waals surface area contributed by atoms with Crippen molar-refractivity contribution in [2.45, 2.75) is 19.5 Å². The highest BCUT2D eigenvalue weighted by atomic mass is 19.4. The molecule has 3 N–H and O–H groups in total. The number of alkyl halides is 3. The van der Waals surface area contributed by atoms with E-state index in [0.29, 0.717) is 40.0 Å². The van der Waals surface area contributed by atoms with Gasteiger partial charge in [0, 0.05) is 11.8 Å². The van der Waals surface area contributed by atoms with Gasteiger partial charge in [0.05, 0.1) is 16.8 Å². The smallest absolute Gasteiger partial charge is 0.364 e. The zero-order valence-electron chi connectivity index (χ0n) is 15.3. The van der Waals surface area contributed by atoms with E-state index in [1.54, 1.807) is 28.9 Å². The van der Waals surface area contributed by atoms with Crippen molar-refractivity contribution in [1.29, 1.82) is 0 Å². The van der Waals surface area contributed by atoms with E-state index >= 15 is 0 Å². The minimum atomic E-state index is -4.50. The van der Waals surface area contributed by atoms with Crippen LogP contribution >= 0.6 is 0 Å². The number of hydrogen-bond donors (Lipinski definition) is 2. The molecule has 148 valence electrons. The number of carbonyl (C=O) groups is 1. The normalized spacial score (nSPS) is 11.9. The summed E-state index contributed by atoms with van der Waals surface area (Å²) in [4.78, 5) is 19.3. The predicted octanol–water partition coefficient (Wildman–Crippen LogP) is 4.07. The van der Waals surface area contributed by atoms with E-state index < -0.39 is 17.6 Å². The molecule has 6 nitrogen and oxygen atoms in total. The number of carbonyl (C=O) groups excluding carboxylic acids is 1. The fourth-order valence-electron chi connectivity index (χ4n) is 3.37. The van der Waals surface area contributed by atoms with Crippen LogP contribution in [0.1, 0.15) is 28.5 Å². The van der Waals surface area contributed by atoms with Gasteiger partial charge >= 0.3 is 6.18 Å². The number of amides is 1. The third-order valence-corrected chi connectivity index (χ3v) is 4.76. The van der Waals surface area contributed by atoms with Crippen molar-refractivity contribution in [2.75, 3.05) is 0 Å². The fraction of sp³-hybridized carbons (Fsp3) is 0.150. The SMILES string of the molecule is CCc1ccc(C(F)(F)F)cc1-c1cc(-c2ncnn3cccc23)[nH]c1C(N)=O. The van der Waals surface area contributed by atoms with Crippen LogP contribution < -0.4 is 5.73 Å². The fourth-order valence-corrected chi connectivity index (χ4v) is 3.37. The minimum Gasteiger partial charge on any atom is -0.364 e. The summed E-state index contributed by atoms with van der Waals surface area (Å²) in [7, 11) is 0. The number of H-pyrrole nitrogens is 1. The molecular formula is C20H16F3N5O. The Morgan fingerprint density at radius 2 is 2.00 bits per heavy atom. The molecule has 0 saturated carbocycles. The summed E-state index contributed by atoms with van der Waals surface area (Å²) in [5, 5.41) is 4.09. The average Bonchev–Trinajstić information content (AvgIpc) is 3.33. The molecule has 0 spiro atoms. The Hall–Kier alpha value is -3.62. The lowest BCUT2D eigenvalue weighted by atomic mass is 9.95. The molecule has 3 heterocycles. The molecule has 29 heavy (non-hydrogen) atoms. The summed E-state index contributed by atoms with van der Waals surface area (Å²) >= 11 is 0. The predicted molar refractivity (Wildman–Crippen MR) is 101 cm³/mol. The van der Waals surface area contributed by atoms with Gasteiger partial charge in [0.15, 0.2) is 0 Å². The Balaban J connectivity index is 1.96. The highest BCUT2D eigenvalue weighted by molar-refractivity contribution is 6.00. The second-order valence-electron chi connectivity index (χ2n) is 6.51. The highest BCUT2D eigenvalue weighted by Gasteiger charge is 2.31. The first kappa shape index (κ1) is 18.7. The van der Waals surface area contributed by atoms with Crippen molar-refractivity contribution in [1.82, 2.24) is 19.6 Å². The quantitative estimate of drug-likeness (QED) is 0.542. The molecule has 0 unspecified atom stereocenters. The number of nitrogens with two attached hydrogens (primary N) is 1. The largest absolute Gasteiger partial charge is 0.416 e. The molecule has 4 rings (SSSR count). The van der Waals surface area contributed by atoms with Crippen molar-refractivity contribution < 1.29 is 18.0 Å². The summed E-state index contributed by atoms with van der Waals surface area (Å²) in [5.41, 5.74) is 7.67. The van der Waals surface area contributed by atoms with Gasteiger partial charge in [-0.05, 0) is 47.9 Å². The van der Waals surface area contributed by atoms with Crippen molar-refractivity contribution in [3.05, 3.63) is 65.7 Å². The number of nitrogens with one attached hydrogen (secondary N) is 1. The number of fused-ring (bicyclic) bond motifs is 1. The Kier molecular flexibility index (Phi) is 4.37. The van der Waals surface area contributed by atoms with Crippen LogP contribution in [0.4, 0.5) is 13.2 Å². The number of hydrogen-bond acceptors (Lipinski definition) is 3. The topological polar surface area (TPSA) is 89.1 Å². The first-order chi connectivity index (χ1) is 13.8. The lowest BCUT2D eigenvalue weighted by Gasteiger charge is -2.13. The van der Waals surface area contributed by atoms with Gasteiger partial charge in [0.2, 0.25) is 0 Å². The molecule has 0 aliphatic rings. The van der Waals surface area contributed by atoms with Crippen LogP contribution in [0.2, 0.25) is 0 Å². The molecule has 3 aromatic heterocycles. The molecule has 0 radical (unpaired) electrons. The lowest BCUT2D eigenvalue weighted by molar-refractivity contribution is -0.137. The van der Waals surface area contributed by atoms with Crippen LogP contribution in [0.15, 0.2) is 48.9 Å². The average molecular weight is 399 g/mol. The molecular weight excluding hydrogens is 383 g/mol. The van der Waals surface area contributed by atoms with Crippen LogP contribution in [0.5, 0.6) is 0 Å². The van der Waals surface area contributed by atoms with Crippen molar-refractivity contribution in [3.8, 4) is 22.5 Å². The van der Waals surface area contributed by atoms with Gasteiger partial charge in [-0.3, -0.25) is 4.79 Å². The van der Waals surface area contributed by atoms with E-state index in [2.05, 4.69) is 15.1 Å². The third-order valence-electron chi connectivity index (χ3n) is 4.76. The van der Waals surface area contributed by atoms with E-state index in [1.807, 2.05) is 6.92 Å². The zero-order chi connectivity index (χ0) is 20.8.